The summed E-state index contributed by atoms with van der Waals surface area (Å²) in [6.45, 7) is 3.69. The van der Waals surface area contributed by atoms with E-state index in [1.165, 1.54) is 15.3 Å². The number of hydrogen-bond acceptors (Lipinski definition) is 4. The second kappa shape index (κ2) is 11.3. The van der Waals surface area contributed by atoms with Crippen molar-refractivity contribution in [3.8, 4) is 5.75 Å². The zero-order chi connectivity index (χ0) is 20.4. The molecule has 1 amide bonds. The van der Waals surface area contributed by atoms with Gasteiger partial charge >= 0.3 is 0 Å². The maximum atomic E-state index is 11.9. The minimum Gasteiger partial charge on any atom is -0.497 e. The van der Waals surface area contributed by atoms with E-state index in [2.05, 4.69) is 46.8 Å². The first-order chi connectivity index (χ1) is 13.5. The highest BCUT2D eigenvalue weighted by atomic mass is 32.1. The van der Waals surface area contributed by atoms with Crippen LogP contribution in [0.4, 0.5) is 0 Å². The zero-order valence-corrected chi connectivity index (χ0v) is 17.9. The molecule has 7 heteroatoms. The molecule has 152 valence electrons. The Morgan fingerprint density at radius 3 is 2.43 bits per heavy atom. The van der Waals surface area contributed by atoms with Crippen molar-refractivity contribution in [1.29, 1.82) is 0 Å². The Bertz CT molecular complexity index is 769. The number of nitrogens with one attached hydrogen (secondary N) is 2. The first kappa shape index (κ1) is 21.8. The van der Waals surface area contributed by atoms with Crippen LogP contribution in [0.15, 0.2) is 41.4 Å². The fraction of sp³-hybridized carbons (Fsp3) is 0.429. The second-order valence-corrected chi connectivity index (χ2v) is 7.81. The lowest BCUT2D eigenvalue weighted by Gasteiger charge is -2.13. The van der Waals surface area contributed by atoms with Gasteiger partial charge in [0.05, 0.1) is 13.7 Å². The summed E-state index contributed by atoms with van der Waals surface area (Å²) in [5.41, 5.74) is 1.21. The van der Waals surface area contributed by atoms with Crippen LogP contribution in [0.25, 0.3) is 0 Å². The average Bonchev–Trinajstić information content (AvgIpc) is 3.17. The molecule has 0 bridgehead atoms. The number of aliphatic imine (C=N–C) groups is 1. The molecule has 2 aromatic rings. The van der Waals surface area contributed by atoms with Gasteiger partial charge in [-0.25, -0.2) is 4.99 Å². The van der Waals surface area contributed by atoms with Crippen LogP contribution < -0.4 is 15.4 Å². The summed E-state index contributed by atoms with van der Waals surface area (Å²) < 4.78 is 5.19. The van der Waals surface area contributed by atoms with E-state index < -0.39 is 0 Å². The number of rotatable bonds is 9. The highest BCUT2D eigenvalue weighted by molar-refractivity contribution is 7.11. The zero-order valence-electron chi connectivity index (χ0n) is 17.1. The second-order valence-electron chi connectivity index (χ2n) is 6.55. The third-order valence-corrected chi connectivity index (χ3v) is 5.46. The van der Waals surface area contributed by atoms with Gasteiger partial charge in [-0.1, -0.05) is 19.1 Å². The van der Waals surface area contributed by atoms with Crippen LogP contribution in [0.5, 0.6) is 5.75 Å². The van der Waals surface area contributed by atoms with Gasteiger partial charge in [-0.2, -0.15) is 0 Å². The van der Waals surface area contributed by atoms with Gasteiger partial charge in [0.2, 0.25) is 5.91 Å². The van der Waals surface area contributed by atoms with E-state index in [1.807, 2.05) is 12.1 Å². The number of carbonyl (C=O) groups is 1. The van der Waals surface area contributed by atoms with Crippen molar-refractivity contribution in [2.24, 2.45) is 4.99 Å². The standard InChI is InChI=1S/C21H30N4O2S/c1-5-18-10-11-19(28-18)14-23-21(24-15-20(26)25(2)3)22-13-12-16-6-8-17(27-4)9-7-16/h6-11H,5,12-15H2,1-4H3,(H2,22,23,24). The summed E-state index contributed by atoms with van der Waals surface area (Å²) in [4.78, 5) is 20.5. The highest BCUT2D eigenvalue weighted by Gasteiger charge is 2.06. The SMILES string of the molecule is CCc1ccc(CNC(=NCC(=O)N(C)C)NCCc2ccc(OC)cc2)s1. The van der Waals surface area contributed by atoms with Crippen molar-refractivity contribution in [2.45, 2.75) is 26.3 Å². The Labute approximate surface area is 171 Å². The molecule has 0 atom stereocenters. The molecule has 0 aliphatic rings. The maximum absolute atomic E-state index is 11.9. The van der Waals surface area contributed by atoms with Crippen LogP contribution in [0.2, 0.25) is 0 Å². The van der Waals surface area contributed by atoms with Gasteiger partial charge in [-0.05, 0) is 42.7 Å². The summed E-state index contributed by atoms with van der Waals surface area (Å²) in [5, 5.41) is 6.65. The van der Waals surface area contributed by atoms with Crippen LogP contribution in [0, 0.1) is 0 Å². The quantitative estimate of drug-likeness (QED) is 0.500. The van der Waals surface area contributed by atoms with Crippen molar-refractivity contribution in [1.82, 2.24) is 15.5 Å². The lowest BCUT2D eigenvalue weighted by molar-refractivity contribution is -0.127. The number of carbonyl (C=O) groups excluding carboxylic acids is 1. The molecule has 0 spiro atoms. The molecular weight excluding hydrogens is 372 g/mol. The van der Waals surface area contributed by atoms with Gasteiger partial charge in [0.25, 0.3) is 0 Å². The summed E-state index contributed by atoms with van der Waals surface area (Å²) in [6, 6.07) is 12.3. The molecule has 2 N–H and O–H groups in total. The van der Waals surface area contributed by atoms with Gasteiger partial charge in [0.1, 0.15) is 12.3 Å². The molecular formula is C21H30N4O2S. The Morgan fingerprint density at radius 2 is 1.82 bits per heavy atom. The van der Waals surface area contributed by atoms with E-state index in [1.54, 1.807) is 37.4 Å². The molecule has 0 unspecified atom stereocenters. The van der Waals surface area contributed by atoms with Crippen molar-refractivity contribution in [3.63, 3.8) is 0 Å². The molecule has 1 aromatic carbocycles. The number of ether oxygens (including phenoxy) is 1. The van der Waals surface area contributed by atoms with E-state index in [0.717, 1.165) is 25.1 Å². The number of likely N-dealkylation sites (N-methyl/N-ethyl adjacent to an activating group) is 1. The van der Waals surface area contributed by atoms with E-state index in [-0.39, 0.29) is 12.5 Å². The van der Waals surface area contributed by atoms with E-state index in [0.29, 0.717) is 12.5 Å². The monoisotopic (exact) mass is 402 g/mol. The van der Waals surface area contributed by atoms with Gasteiger partial charge in [0, 0.05) is 30.4 Å². The summed E-state index contributed by atoms with van der Waals surface area (Å²) in [7, 11) is 5.14. The molecule has 1 aromatic heterocycles. The number of hydrogen-bond donors (Lipinski definition) is 2. The molecule has 0 saturated carbocycles. The lowest BCUT2D eigenvalue weighted by atomic mass is 10.1. The summed E-state index contributed by atoms with van der Waals surface area (Å²) in [6.07, 6.45) is 1.90. The van der Waals surface area contributed by atoms with Crippen LogP contribution in [-0.2, 0) is 24.2 Å². The molecule has 28 heavy (non-hydrogen) atoms. The Kier molecular flexibility index (Phi) is 8.81. The number of nitrogens with zero attached hydrogens (tertiary/aromatic N) is 2. The molecule has 2 rings (SSSR count). The van der Waals surface area contributed by atoms with Crippen LogP contribution in [0.3, 0.4) is 0 Å². The van der Waals surface area contributed by atoms with E-state index in [4.69, 9.17) is 4.74 Å². The largest absolute Gasteiger partial charge is 0.497 e. The third kappa shape index (κ3) is 7.23. The molecule has 0 saturated heterocycles. The van der Waals surface area contributed by atoms with Crippen molar-refractivity contribution < 1.29 is 9.53 Å². The highest BCUT2D eigenvalue weighted by Crippen LogP contribution is 2.16. The summed E-state index contributed by atoms with van der Waals surface area (Å²) in [5.74, 6) is 1.47. The van der Waals surface area contributed by atoms with Gasteiger partial charge < -0.3 is 20.3 Å². The average molecular weight is 403 g/mol. The predicted molar refractivity (Wildman–Crippen MR) is 116 cm³/mol. The number of aryl methyl sites for hydroxylation is 1. The molecule has 1 heterocycles. The fourth-order valence-corrected chi connectivity index (χ4v) is 3.36. The van der Waals surface area contributed by atoms with Gasteiger partial charge in [-0.15, -0.1) is 11.3 Å². The van der Waals surface area contributed by atoms with Crippen LogP contribution in [0.1, 0.15) is 22.2 Å². The fourth-order valence-electron chi connectivity index (χ4n) is 2.46. The van der Waals surface area contributed by atoms with Gasteiger partial charge in [0.15, 0.2) is 5.96 Å². The minimum absolute atomic E-state index is 0.0272. The summed E-state index contributed by atoms with van der Waals surface area (Å²) >= 11 is 1.80. The topological polar surface area (TPSA) is 66.0 Å². The lowest BCUT2D eigenvalue weighted by Crippen LogP contribution is -2.39. The van der Waals surface area contributed by atoms with Crippen molar-refractivity contribution in [3.05, 3.63) is 51.7 Å². The third-order valence-electron chi connectivity index (χ3n) is 4.23. The Hall–Kier alpha value is -2.54. The molecule has 6 nitrogen and oxygen atoms in total. The number of thiophene rings is 1. The number of guanidine groups is 1. The Morgan fingerprint density at radius 1 is 1.11 bits per heavy atom. The van der Waals surface area contributed by atoms with Gasteiger partial charge in [-0.3, -0.25) is 4.79 Å². The number of benzene rings is 1. The molecule has 0 fully saturated rings. The van der Waals surface area contributed by atoms with Crippen LogP contribution in [-0.4, -0.2) is 51.1 Å². The first-order valence-electron chi connectivity index (χ1n) is 9.44. The van der Waals surface area contributed by atoms with Crippen LogP contribution >= 0.6 is 11.3 Å². The van der Waals surface area contributed by atoms with E-state index in [9.17, 15) is 4.79 Å². The minimum atomic E-state index is -0.0272. The molecule has 0 radical (unpaired) electrons. The maximum Gasteiger partial charge on any atom is 0.243 e. The van der Waals surface area contributed by atoms with Crippen molar-refractivity contribution >= 4 is 23.2 Å². The molecule has 0 aliphatic heterocycles. The number of amides is 1. The molecule has 0 aliphatic carbocycles. The predicted octanol–water partition coefficient (Wildman–Crippen LogP) is 2.69. The van der Waals surface area contributed by atoms with Crippen molar-refractivity contribution in [2.75, 3.05) is 34.3 Å². The Balaban J connectivity index is 1.92. The number of methoxy groups -OCH3 is 1. The van der Waals surface area contributed by atoms with E-state index >= 15 is 0 Å². The first-order valence-corrected chi connectivity index (χ1v) is 10.3. The normalized spacial score (nSPS) is 11.2. The smallest absolute Gasteiger partial charge is 0.243 e.